The molecule has 29 heteroatoms. The number of rotatable bonds is 27. The van der Waals surface area contributed by atoms with Crippen LogP contribution in [-0.4, -0.2) is 189 Å². The van der Waals surface area contributed by atoms with Crippen LogP contribution in [0.25, 0.3) is 10.9 Å². The molecule has 0 bridgehead atoms. The lowest BCUT2D eigenvalue weighted by Crippen LogP contribution is -2.49. The molecular formula is C77H139N9O19S. The zero-order valence-electron chi connectivity index (χ0n) is 66.4. The minimum atomic E-state index is -1.09. The minimum absolute atomic E-state index is 0. The monoisotopic (exact) mass is 1530 g/mol. The van der Waals surface area contributed by atoms with Crippen LogP contribution in [0.3, 0.4) is 0 Å². The number of carbonyl (C=O) groups is 8. The van der Waals surface area contributed by atoms with Gasteiger partial charge in [0.1, 0.15) is 54.1 Å². The van der Waals surface area contributed by atoms with Gasteiger partial charge in [-0.2, -0.15) is 11.8 Å². The molecule has 9 unspecified atom stereocenters. The van der Waals surface area contributed by atoms with Crippen LogP contribution >= 0.6 is 11.8 Å². The predicted molar refractivity (Wildman–Crippen MR) is 424 cm³/mol. The number of phenols is 1. The van der Waals surface area contributed by atoms with Crippen LogP contribution in [0.2, 0.25) is 0 Å². The summed E-state index contributed by atoms with van der Waals surface area (Å²) in [5, 5.41) is 100. The van der Waals surface area contributed by atoms with E-state index >= 15 is 0 Å². The summed E-state index contributed by atoms with van der Waals surface area (Å²) in [6, 6.07) is 18.0. The van der Waals surface area contributed by atoms with Gasteiger partial charge in [-0.1, -0.05) is 207 Å². The van der Waals surface area contributed by atoms with Crippen LogP contribution in [0.5, 0.6) is 5.75 Å². The highest BCUT2D eigenvalue weighted by atomic mass is 32.2. The van der Waals surface area contributed by atoms with Gasteiger partial charge < -0.3 is 107 Å². The van der Waals surface area contributed by atoms with Crippen LogP contribution in [0.1, 0.15) is 189 Å². The van der Waals surface area contributed by atoms with Crippen molar-refractivity contribution in [2.75, 3.05) is 25.2 Å². The Morgan fingerprint density at radius 2 is 0.821 bits per heavy atom. The number of benzene rings is 3. The maximum atomic E-state index is 11.0. The molecule has 1 fully saturated rings. The number of aromatic hydroxyl groups is 1. The molecule has 0 spiro atoms. The van der Waals surface area contributed by atoms with E-state index in [0.717, 1.165) is 59.2 Å². The molecule has 2 heterocycles. The summed E-state index contributed by atoms with van der Waals surface area (Å²) in [7, 11) is 0. The third kappa shape index (κ3) is 41.2. The fraction of sp³-hybridized carbons (Fsp3) is 0.636. The highest BCUT2D eigenvalue weighted by Gasteiger charge is 2.39. The molecule has 5 rings (SSSR count). The summed E-state index contributed by atoms with van der Waals surface area (Å²) in [5.74, 6) is -6.21. The number of carboxylic acid groups (broad SMARTS) is 8. The third-order valence-electron chi connectivity index (χ3n) is 18.4. The van der Waals surface area contributed by atoms with Crippen LogP contribution in [0.4, 0.5) is 0 Å². The van der Waals surface area contributed by atoms with E-state index in [1.54, 1.807) is 63.7 Å². The van der Waals surface area contributed by atoms with E-state index in [4.69, 9.17) is 96.3 Å². The van der Waals surface area contributed by atoms with Crippen molar-refractivity contribution in [1.29, 1.82) is 0 Å². The maximum absolute atomic E-state index is 11.0. The average molecular weight is 1530 g/mol. The normalized spacial score (nSPS) is 14.9. The number of aliphatic hydroxyl groups excluding tert-OH is 2. The van der Waals surface area contributed by atoms with Crippen molar-refractivity contribution in [2.24, 2.45) is 84.0 Å². The number of nitrogens with one attached hydrogen (secondary N) is 2. The number of aliphatic hydroxyl groups is 2. The number of hydrogen-bond donors (Lipinski definition) is 20. The second kappa shape index (κ2) is 51.9. The van der Waals surface area contributed by atoms with Gasteiger partial charge in [0, 0.05) is 27.9 Å². The molecule has 0 saturated carbocycles. The average Bonchev–Trinajstić information content (AvgIpc) is 1.71. The minimum Gasteiger partial charge on any atom is -0.508 e. The SMILES string of the molecule is C.CC.CC.CC(C)(CO)C(N)C(=O)O.CC(C)(Cc1c[nH]c2ccccc12)C(N)C(=O)O.CC(C)(Cc1ccc(O)cc1)C(N)C(=O)O.CC(C)(Cc1ccccc1)C(N)C(=O)O.CC(C)C(C)(C)C(N)C(=O)O.CC(O)C(C)(C)C(N)C(=O)O.CSCCC(C)(C)C(N)C(=O)O.O=C(O)C1CCCN1. The number of carboxylic acids is 8. The van der Waals surface area contributed by atoms with E-state index in [1.807, 2.05) is 178 Å². The Hall–Kier alpha value is -7.29. The number of aromatic amines is 1. The van der Waals surface area contributed by atoms with Crippen molar-refractivity contribution in [3.05, 3.63) is 102 Å². The van der Waals surface area contributed by atoms with Gasteiger partial charge in [-0.3, -0.25) is 38.4 Å². The third-order valence-corrected chi connectivity index (χ3v) is 19.0. The second-order valence-corrected chi connectivity index (χ2v) is 31.0. The Balaban J connectivity index is -0.000000270. The molecule has 1 saturated heterocycles. The fourth-order valence-electron chi connectivity index (χ4n) is 8.80. The number of nitrogens with two attached hydrogens (primary N) is 7. The van der Waals surface area contributed by atoms with Crippen molar-refractivity contribution in [3.8, 4) is 5.75 Å². The van der Waals surface area contributed by atoms with Gasteiger partial charge in [-0.05, 0) is 132 Å². The number of fused-ring (bicyclic) bond motifs is 1. The first-order chi connectivity index (χ1) is 47.9. The summed E-state index contributed by atoms with van der Waals surface area (Å²) in [6.45, 7) is 39.2. The van der Waals surface area contributed by atoms with E-state index in [2.05, 4.69) is 10.3 Å². The van der Waals surface area contributed by atoms with E-state index < -0.39 is 123 Å². The number of H-pyrrole nitrogens is 1. The lowest BCUT2D eigenvalue weighted by atomic mass is 9.75. The summed E-state index contributed by atoms with van der Waals surface area (Å²) in [6.07, 6.45) is 7.68. The number of phenolic OH excluding ortho intramolecular Hbond substituents is 1. The number of aliphatic carboxylic acids is 8. The first-order valence-electron chi connectivity index (χ1n) is 34.9. The molecule has 0 amide bonds. The van der Waals surface area contributed by atoms with E-state index in [-0.39, 0.29) is 42.6 Å². The maximum Gasteiger partial charge on any atom is 0.321 e. The molecule has 28 nitrogen and oxygen atoms in total. The zero-order valence-corrected chi connectivity index (χ0v) is 67.2. The molecule has 0 radical (unpaired) electrons. The quantitative estimate of drug-likeness (QED) is 0.0264. The molecule has 9 atom stereocenters. The largest absolute Gasteiger partial charge is 0.508 e. The molecular weight excluding hydrogens is 1390 g/mol. The smallest absolute Gasteiger partial charge is 0.321 e. The fourth-order valence-corrected chi connectivity index (χ4v) is 9.53. The standard InChI is InChI=1S/C14H18N2O2.C12H17NO3.C12H17NO2.C8H17NO2S.C8H17NO2.C7H15NO3.C6H13NO3.C5H9NO2.2C2H6.CH4/c1-14(2,12(15)13(17)18)7-9-8-16-11-6-4-3-5-10(9)11;1-12(2,10(13)11(15)16)7-8-3-5-9(14)6-4-8;1-12(2,10(13)11(14)15)8-9-6-4-3-5-7-9;1-8(2,4-5-12-3)6(9)7(10)11;1-5(2)8(3,4)6(9)7(10)11;1-4(9)7(2,3)5(8)6(10)11;1-6(2,3-8)4(7)5(9)10;7-5(8)4-2-1-3-6-4;2*1-2;/h3-6,8,12,16H,7,15H2,1-2H3,(H,17,18);3-6,10,14H,7,13H2,1-2H3,(H,15,16);3-7,10H,8,13H2,1-2H3,(H,14,15);6H,4-5,9H2,1-3H3,(H,10,11);5-6H,9H2,1-4H3,(H,10,11);4-5,9H,8H2,1-3H3,(H,10,11);4,8H,3,7H2,1-2H3,(H,9,10);4,6H,1-3H2,(H,7,8);2*1-2H3;1H4. The highest BCUT2D eigenvalue weighted by Crippen LogP contribution is 2.32. The molecule has 3 aromatic carbocycles. The lowest BCUT2D eigenvalue weighted by molar-refractivity contribution is -0.144. The molecule has 612 valence electrons. The molecule has 1 aliphatic rings. The topological polar surface area (TPSA) is 569 Å². The van der Waals surface area contributed by atoms with Gasteiger partial charge in [0.05, 0.1) is 12.7 Å². The van der Waals surface area contributed by atoms with Crippen LogP contribution in [0.15, 0.2) is 85.1 Å². The molecule has 1 aromatic heterocycles. The van der Waals surface area contributed by atoms with Gasteiger partial charge in [0.2, 0.25) is 0 Å². The highest BCUT2D eigenvalue weighted by molar-refractivity contribution is 7.98. The summed E-state index contributed by atoms with van der Waals surface area (Å²) in [4.78, 5) is 87.8. The first kappa shape index (κ1) is 110. The second-order valence-electron chi connectivity index (χ2n) is 30.1. The molecule has 27 N–H and O–H groups in total. The van der Waals surface area contributed by atoms with Crippen LogP contribution in [-0.2, 0) is 57.6 Å². The Labute approximate surface area is 634 Å². The molecule has 106 heavy (non-hydrogen) atoms. The molecule has 1 aliphatic heterocycles. The van der Waals surface area contributed by atoms with Gasteiger partial charge in [0.15, 0.2) is 0 Å². The lowest BCUT2D eigenvalue weighted by Gasteiger charge is -2.32. The molecule has 0 aliphatic carbocycles. The van der Waals surface area contributed by atoms with Gasteiger partial charge in [0.25, 0.3) is 0 Å². The van der Waals surface area contributed by atoms with Crippen LogP contribution in [0, 0.1) is 43.8 Å². The zero-order chi connectivity index (χ0) is 83.7. The van der Waals surface area contributed by atoms with Crippen molar-refractivity contribution in [1.82, 2.24) is 10.3 Å². The molecule has 4 aromatic rings. The van der Waals surface area contributed by atoms with E-state index in [0.29, 0.717) is 19.3 Å². The van der Waals surface area contributed by atoms with Crippen molar-refractivity contribution in [2.45, 2.75) is 246 Å². The van der Waals surface area contributed by atoms with Gasteiger partial charge in [-0.15, -0.1) is 0 Å². The van der Waals surface area contributed by atoms with E-state index in [9.17, 15) is 38.4 Å². The summed E-state index contributed by atoms with van der Waals surface area (Å²) >= 11 is 1.71. The number of aromatic nitrogens is 1. The van der Waals surface area contributed by atoms with Crippen molar-refractivity contribution >= 4 is 70.4 Å². The predicted octanol–water partition coefficient (Wildman–Crippen LogP) is 9.18. The van der Waals surface area contributed by atoms with Gasteiger partial charge in [-0.25, -0.2) is 0 Å². The Morgan fingerprint density at radius 1 is 0.481 bits per heavy atom. The first-order valence-corrected chi connectivity index (χ1v) is 36.3. The Kier molecular flexibility index (Phi) is 53.7. The summed E-state index contributed by atoms with van der Waals surface area (Å²) < 4.78 is 0. The Bertz CT molecular complexity index is 3120. The summed E-state index contributed by atoms with van der Waals surface area (Å²) in [5.41, 5.74) is 39.2. The number of thioether (sulfide) groups is 1. The van der Waals surface area contributed by atoms with Gasteiger partial charge >= 0.3 is 47.8 Å². The van der Waals surface area contributed by atoms with Crippen molar-refractivity contribution < 1.29 is 94.5 Å². The van der Waals surface area contributed by atoms with Crippen molar-refractivity contribution in [3.63, 3.8) is 0 Å². The van der Waals surface area contributed by atoms with Crippen LogP contribution < -0.4 is 45.5 Å². The van der Waals surface area contributed by atoms with E-state index in [1.165, 1.54) is 6.92 Å². The number of para-hydroxylation sites is 1. The number of hydrogen-bond acceptors (Lipinski definition) is 20. The Morgan fingerprint density at radius 3 is 1.11 bits per heavy atom.